The maximum atomic E-state index is 13.9. The van der Waals surface area contributed by atoms with Crippen LogP contribution >= 0.6 is 38.5 Å². The molecular weight excluding hydrogens is 406 g/mol. The van der Waals surface area contributed by atoms with Crippen LogP contribution in [0.2, 0.25) is 0 Å². The number of hydrogen-bond donors (Lipinski definition) is 0. The molecule has 18 heavy (non-hydrogen) atoms. The van der Waals surface area contributed by atoms with Crippen LogP contribution < -0.4 is 0 Å². The fourth-order valence-electron chi connectivity index (χ4n) is 3.55. The summed E-state index contributed by atoms with van der Waals surface area (Å²) in [5.41, 5.74) is 6.19. The zero-order valence-corrected chi connectivity index (χ0v) is 13.7. The fourth-order valence-corrected chi connectivity index (χ4v) is 4.88. The highest BCUT2D eigenvalue weighted by Gasteiger charge is 2.47. The summed E-state index contributed by atoms with van der Waals surface area (Å²) in [7, 11) is 0. The van der Waals surface area contributed by atoms with Gasteiger partial charge in [0.25, 0.3) is 0 Å². The van der Waals surface area contributed by atoms with Crippen LogP contribution in [0.5, 0.6) is 0 Å². The Morgan fingerprint density at radius 2 is 2.06 bits per heavy atom. The molecule has 0 nitrogen and oxygen atoms in total. The summed E-state index contributed by atoms with van der Waals surface area (Å²) in [6.45, 7) is 0. The lowest BCUT2D eigenvalue weighted by molar-refractivity contribution is 0.459. The van der Waals surface area contributed by atoms with Gasteiger partial charge in [0.1, 0.15) is 5.82 Å². The summed E-state index contributed by atoms with van der Waals surface area (Å²) in [5, 5.41) is 0. The van der Waals surface area contributed by atoms with Gasteiger partial charge in [-0.3, -0.25) is 0 Å². The van der Waals surface area contributed by atoms with Crippen LogP contribution in [0, 0.1) is 14.8 Å². The highest BCUT2D eigenvalue weighted by Crippen LogP contribution is 2.61. The normalized spacial score (nSPS) is 23.3. The van der Waals surface area contributed by atoms with E-state index in [1.165, 1.54) is 48.8 Å². The molecule has 1 aromatic carbocycles. The van der Waals surface area contributed by atoms with Gasteiger partial charge in [0.05, 0.1) is 4.47 Å². The van der Waals surface area contributed by atoms with Crippen molar-refractivity contribution in [1.29, 1.82) is 0 Å². The molecule has 4 rings (SSSR count). The van der Waals surface area contributed by atoms with Crippen LogP contribution in [-0.4, -0.2) is 0 Å². The molecule has 0 amide bonds. The van der Waals surface area contributed by atoms with E-state index in [1.54, 1.807) is 11.6 Å². The molecule has 3 aliphatic carbocycles. The Hall–Kier alpha value is 0.1000. The summed E-state index contributed by atoms with van der Waals surface area (Å²) < 4.78 is 15.7. The van der Waals surface area contributed by atoms with E-state index in [9.17, 15) is 4.39 Å². The lowest BCUT2D eigenvalue weighted by Crippen LogP contribution is -2.08. The third-order valence-corrected chi connectivity index (χ3v) is 6.60. The van der Waals surface area contributed by atoms with Crippen molar-refractivity contribution in [2.24, 2.45) is 5.41 Å². The molecule has 0 aromatic heterocycles. The van der Waals surface area contributed by atoms with E-state index in [2.05, 4.69) is 38.5 Å². The zero-order valence-electron chi connectivity index (χ0n) is 9.95. The van der Waals surface area contributed by atoms with E-state index in [4.69, 9.17) is 0 Å². The highest BCUT2D eigenvalue weighted by molar-refractivity contribution is 14.1. The molecule has 0 heterocycles. The van der Waals surface area contributed by atoms with E-state index < -0.39 is 0 Å². The van der Waals surface area contributed by atoms with Crippen molar-refractivity contribution >= 4 is 44.1 Å². The number of rotatable bonds is 0. The Labute approximate surface area is 128 Å². The molecule has 0 radical (unpaired) electrons. The van der Waals surface area contributed by atoms with Crippen molar-refractivity contribution in [3.05, 3.63) is 36.6 Å². The average Bonchev–Trinajstić information content (AvgIpc) is 2.97. The Kier molecular flexibility index (Phi) is 2.52. The SMILES string of the molecule is Fc1cc(I)c2c(c1Br)C1=C(CCC3(CC3)C1)C2. The van der Waals surface area contributed by atoms with Crippen LogP contribution in [0.25, 0.3) is 5.57 Å². The number of fused-ring (bicyclic) bond motifs is 2. The summed E-state index contributed by atoms with van der Waals surface area (Å²) in [6.07, 6.45) is 7.59. The summed E-state index contributed by atoms with van der Waals surface area (Å²) >= 11 is 5.75. The topological polar surface area (TPSA) is 0 Å². The van der Waals surface area contributed by atoms with E-state index in [1.807, 2.05) is 0 Å². The number of hydrogen-bond acceptors (Lipinski definition) is 0. The van der Waals surface area contributed by atoms with Crippen LogP contribution in [0.4, 0.5) is 4.39 Å². The molecule has 1 spiro atoms. The fraction of sp³-hybridized carbons (Fsp3) is 0.467. The van der Waals surface area contributed by atoms with Gasteiger partial charge in [0.15, 0.2) is 0 Å². The molecule has 0 unspecified atom stereocenters. The second-order valence-corrected chi connectivity index (χ2v) is 7.90. The van der Waals surface area contributed by atoms with E-state index in [0.717, 1.165) is 9.99 Å². The first-order chi connectivity index (χ1) is 8.60. The van der Waals surface area contributed by atoms with Gasteiger partial charge in [0, 0.05) is 3.57 Å². The molecule has 0 bridgehead atoms. The predicted octanol–water partition coefficient (Wildman–Crippen LogP) is 5.47. The minimum atomic E-state index is -0.109. The van der Waals surface area contributed by atoms with Gasteiger partial charge in [-0.05, 0) is 105 Å². The Morgan fingerprint density at radius 1 is 1.28 bits per heavy atom. The van der Waals surface area contributed by atoms with Crippen molar-refractivity contribution in [1.82, 2.24) is 0 Å². The third kappa shape index (κ3) is 1.59. The molecule has 1 fully saturated rings. The van der Waals surface area contributed by atoms with Crippen molar-refractivity contribution in [3.63, 3.8) is 0 Å². The second-order valence-electron chi connectivity index (χ2n) is 5.94. The Morgan fingerprint density at radius 3 is 2.78 bits per heavy atom. The van der Waals surface area contributed by atoms with Crippen molar-refractivity contribution < 1.29 is 4.39 Å². The van der Waals surface area contributed by atoms with E-state index >= 15 is 0 Å². The standard InChI is InChI=1S/C15H13BrFI/c16-14-11(17)6-12(18)9-5-8-1-2-15(3-4-15)7-10(8)13(9)14/h6H,1-5,7H2. The van der Waals surface area contributed by atoms with Crippen LogP contribution in [0.1, 0.15) is 43.2 Å². The molecule has 1 saturated carbocycles. The van der Waals surface area contributed by atoms with E-state index in [-0.39, 0.29) is 5.82 Å². The molecule has 94 valence electrons. The minimum absolute atomic E-state index is 0.109. The Balaban J connectivity index is 1.89. The summed E-state index contributed by atoms with van der Waals surface area (Å²) in [5.74, 6) is -0.109. The minimum Gasteiger partial charge on any atom is -0.206 e. The van der Waals surface area contributed by atoms with E-state index in [0.29, 0.717) is 9.89 Å². The van der Waals surface area contributed by atoms with Gasteiger partial charge in [-0.25, -0.2) is 4.39 Å². The summed E-state index contributed by atoms with van der Waals surface area (Å²) in [4.78, 5) is 0. The lowest BCUT2D eigenvalue weighted by atomic mass is 9.81. The first-order valence-corrected chi connectivity index (χ1v) is 8.34. The predicted molar refractivity (Wildman–Crippen MR) is 83.0 cm³/mol. The Bertz CT molecular complexity index is 599. The van der Waals surface area contributed by atoms with Gasteiger partial charge < -0.3 is 0 Å². The van der Waals surface area contributed by atoms with Gasteiger partial charge >= 0.3 is 0 Å². The highest BCUT2D eigenvalue weighted by atomic mass is 127. The average molecular weight is 419 g/mol. The van der Waals surface area contributed by atoms with Crippen LogP contribution in [0.15, 0.2) is 16.1 Å². The monoisotopic (exact) mass is 418 g/mol. The van der Waals surface area contributed by atoms with Crippen LogP contribution in [0.3, 0.4) is 0 Å². The second kappa shape index (κ2) is 3.81. The van der Waals surface area contributed by atoms with Gasteiger partial charge in [0.2, 0.25) is 0 Å². The molecule has 0 aliphatic heterocycles. The maximum absolute atomic E-state index is 13.9. The van der Waals surface area contributed by atoms with Crippen molar-refractivity contribution in [3.8, 4) is 0 Å². The lowest BCUT2D eigenvalue weighted by Gasteiger charge is -2.24. The molecule has 3 heteroatoms. The first-order valence-electron chi connectivity index (χ1n) is 6.47. The molecule has 0 atom stereocenters. The number of allylic oxidation sites excluding steroid dienone is 2. The molecule has 3 aliphatic rings. The van der Waals surface area contributed by atoms with Gasteiger partial charge in [-0.15, -0.1) is 0 Å². The van der Waals surface area contributed by atoms with Gasteiger partial charge in [-0.2, -0.15) is 0 Å². The van der Waals surface area contributed by atoms with Crippen LogP contribution in [-0.2, 0) is 6.42 Å². The quantitative estimate of drug-likeness (QED) is 0.387. The third-order valence-electron chi connectivity index (χ3n) is 4.86. The van der Waals surface area contributed by atoms with Crippen molar-refractivity contribution in [2.45, 2.75) is 38.5 Å². The zero-order chi connectivity index (χ0) is 12.5. The molecule has 0 saturated heterocycles. The molecule has 1 aromatic rings. The number of halogens is 3. The molecule has 0 N–H and O–H groups in total. The maximum Gasteiger partial charge on any atom is 0.139 e. The smallest absolute Gasteiger partial charge is 0.139 e. The van der Waals surface area contributed by atoms with Crippen molar-refractivity contribution in [2.75, 3.05) is 0 Å². The molecular formula is C15H13BrFI. The van der Waals surface area contributed by atoms with Gasteiger partial charge in [-0.1, -0.05) is 5.57 Å². The number of benzene rings is 1. The summed E-state index contributed by atoms with van der Waals surface area (Å²) in [6, 6.07) is 1.66. The first kappa shape index (κ1) is 11.9. The largest absolute Gasteiger partial charge is 0.206 e.